The van der Waals surface area contributed by atoms with Crippen molar-refractivity contribution in [3.05, 3.63) is 62.4 Å². The average Bonchev–Trinajstić information content (AvgIpc) is 3.23. The van der Waals surface area contributed by atoms with Crippen LogP contribution in [0.5, 0.6) is 5.75 Å². The van der Waals surface area contributed by atoms with Gasteiger partial charge in [-0.05, 0) is 48.1 Å². The molecule has 46 heavy (non-hydrogen) atoms. The fourth-order valence-electron chi connectivity index (χ4n) is 6.82. The van der Waals surface area contributed by atoms with E-state index in [9.17, 15) is 14.4 Å². The van der Waals surface area contributed by atoms with E-state index in [1.165, 1.54) is 17.7 Å². The summed E-state index contributed by atoms with van der Waals surface area (Å²) in [7, 11) is -6.13. The van der Waals surface area contributed by atoms with Crippen molar-refractivity contribution in [3.63, 3.8) is 0 Å². The minimum Gasteiger partial charge on any atom is -0.446 e. The molecule has 2 aromatic rings. The third kappa shape index (κ3) is 6.69. The first-order chi connectivity index (χ1) is 21.4. The number of nitrogens with zero attached hydrogens (tertiary/aromatic N) is 2. The Morgan fingerprint density at radius 1 is 0.957 bits per heavy atom. The molecule has 0 saturated carbocycles. The number of likely N-dealkylation sites (tertiary alicyclic amines) is 1. The smallest absolute Gasteiger partial charge is 0.358 e. The lowest BCUT2D eigenvalue weighted by molar-refractivity contribution is -0.136. The minimum atomic E-state index is -3.18. The van der Waals surface area contributed by atoms with Gasteiger partial charge in [-0.25, -0.2) is 4.79 Å². The van der Waals surface area contributed by atoms with Gasteiger partial charge >= 0.3 is 28.0 Å². The van der Waals surface area contributed by atoms with Crippen LogP contribution in [0, 0.1) is 13.8 Å². The number of ether oxygens (including phenoxy) is 2. The number of nitrogens with one attached hydrogen (secondary N) is 1. The summed E-state index contributed by atoms with van der Waals surface area (Å²) in [5.41, 5.74) is 0.317. The average molecular weight is 692 g/mol. The molecule has 1 N–H and O–H groups in total. The number of aromatic amines is 1. The number of hydrogen-bond donors (Lipinski definition) is 1. The van der Waals surface area contributed by atoms with Crippen LogP contribution in [0.4, 0.5) is 0 Å². The Balaban J connectivity index is 1.94. The maximum Gasteiger partial charge on any atom is 0.358 e. The second-order valence-electron chi connectivity index (χ2n) is 13.7. The molecule has 0 bridgehead atoms. The lowest BCUT2D eigenvalue weighted by Crippen LogP contribution is -2.66. The Morgan fingerprint density at radius 2 is 1.52 bits per heavy atom. The van der Waals surface area contributed by atoms with Crippen molar-refractivity contribution in [2.75, 3.05) is 6.61 Å². The number of H-pyrrole nitrogens is 1. The summed E-state index contributed by atoms with van der Waals surface area (Å²) in [4.78, 5) is 43.5. The van der Waals surface area contributed by atoms with Gasteiger partial charge in [0.25, 0.3) is 5.56 Å². The minimum absolute atomic E-state index is 0.00138. The van der Waals surface area contributed by atoms with E-state index in [1.807, 2.05) is 19.1 Å². The Bertz CT molecular complexity index is 1520. The Morgan fingerprint density at radius 3 is 2.04 bits per heavy atom. The first-order valence-corrected chi connectivity index (χ1v) is 20.4. The van der Waals surface area contributed by atoms with E-state index < -0.39 is 52.8 Å². The largest absolute Gasteiger partial charge is 0.446 e. The van der Waals surface area contributed by atoms with Gasteiger partial charge in [0.15, 0.2) is 12.3 Å². The second-order valence-corrected chi connectivity index (χ2v) is 22.9. The third-order valence-corrected chi connectivity index (χ3v) is 19.7. The fraction of sp³-hybridized carbons (Fsp3) is 0.625. The van der Waals surface area contributed by atoms with Crippen LogP contribution < -0.4 is 16.0 Å². The first kappa shape index (κ1) is 36.2. The van der Waals surface area contributed by atoms with E-state index in [-0.39, 0.29) is 39.9 Å². The van der Waals surface area contributed by atoms with Crippen LogP contribution in [-0.2, 0) is 22.5 Å². The molecule has 3 heterocycles. The quantitative estimate of drug-likeness (QED) is 0.293. The Hall–Kier alpha value is -2.63. The molecular weight excluding hydrogens is 643 g/mol. The fourth-order valence-corrected chi connectivity index (χ4v) is 18.3. The predicted molar refractivity (Wildman–Crippen MR) is 184 cm³/mol. The van der Waals surface area contributed by atoms with Crippen LogP contribution in [-0.4, -0.2) is 67.6 Å². The van der Waals surface area contributed by atoms with Gasteiger partial charge < -0.3 is 27.3 Å². The zero-order chi connectivity index (χ0) is 34.3. The Labute approximate surface area is 279 Å². The molecule has 0 spiro atoms. The maximum absolute atomic E-state index is 13.7. The van der Waals surface area contributed by atoms with Crippen LogP contribution in [0.1, 0.15) is 79.6 Å². The van der Waals surface area contributed by atoms with Crippen LogP contribution in [0.25, 0.3) is 0 Å². The molecule has 1 aromatic carbocycles. The number of fused-ring (bicyclic) bond motifs is 1. The number of aryl methyl sites for hydroxylation is 2. The molecule has 11 nitrogen and oxygen atoms in total. The number of amides is 1. The van der Waals surface area contributed by atoms with Crippen LogP contribution in [0.2, 0.25) is 22.2 Å². The van der Waals surface area contributed by atoms with Gasteiger partial charge in [-0.2, -0.15) is 0 Å². The van der Waals surface area contributed by atoms with Gasteiger partial charge in [0.05, 0.1) is 12.6 Å². The molecule has 1 aromatic heterocycles. The van der Waals surface area contributed by atoms with Gasteiger partial charge in [-0.15, -0.1) is 0 Å². The lowest BCUT2D eigenvalue weighted by atomic mass is 10.1. The molecule has 2 fully saturated rings. The molecule has 2 aliphatic heterocycles. The molecule has 2 aliphatic rings. The second kappa shape index (κ2) is 13.8. The van der Waals surface area contributed by atoms with Crippen molar-refractivity contribution in [2.45, 2.75) is 123 Å². The van der Waals surface area contributed by atoms with Crippen molar-refractivity contribution in [1.82, 2.24) is 14.5 Å². The predicted octanol–water partition coefficient (Wildman–Crippen LogP) is 5.59. The number of aromatic nitrogens is 2. The van der Waals surface area contributed by atoms with E-state index in [4.69, 9.17) is 34.7 Å². The molecule has 0 radical (unpaired) electrons. The highest BCUT2D eigenvalue weighted by atomic mass is 32.1. The van der Waals surface area contributed by atoms with Crippen LogP contribution in [0.3, 0.4) is 0 Å². The summed E-state index contributed by atoms with van der Waals surface area (Å²) < 4.78 is 35.4. The highest BCUT2D eigenvalue weighted by Gasteiger charge is 2.64. The molecule has 1 amide bonds. The summed E-state index contributed by atoms with van der Waals surface area (Å²) >= 11 is 5.62. The Kier molecular flexibility index (Phi) is 10.9. The van der Waals surface area contributed by atoms with E-state index >= 15 is 0 Å². The van der Waals surface area contributed by atoms with Crippen LogP contribution >= 0.6 is 12.2 Å². The lowest BCUT2D eigenvalue weighted by Gasteiger charge is -2.52. The van der Waals surface area contributed by atoms with Gasteiger partial charge in [0.1, 0.15) is 11.9 Å². The molecule has 14 heteroatoms. The number of rotatable bonds is 7. The summed E-state index contributed by atoms with van der Waals surface area (Å²) in [5.74, 6) is 0.161. The molecule has 4 rings (SSSR count). The zero-order valence-corrected chi connectivity index (χ0v) is 31.6. The third-order valence-electron chi connectivity index (χ3n) is 9.23. The van der Waals surface area contributed by atoms with E-state index in [1.54, 1.807) is 24.0 Å². The summed E-state index contributed by atoms with van der Waals surface area (Å²) in [6, 6.07) is 6.69. The van der Waals surface area contributed by atoms with Crippen molar-refractivity contribution < 1.29 is 27.2 Å². The van der Waals surface area contributed by atoms with Gasteiger partial charge in [-0.1, -0.05) is 73.1 Å². The topological polar surface area (TPSA) is 121 Å². The number of carbonyl (C=O) groups excluding carboxylic acids is 1. The van der Waals surface area contributed by atoms with Gasteiger partial charge in [0.2, 0.25) is 5.91 Å². The summed E-state index contributed by atoms with van der Waals surface area (Å²) in [5, 5.41) is -0.195. The number of thiocarbonyl (C=S) groups is 1. The monoisotopic (exact) mass is 691 g/mol. The van der Waals surface area contributed by atoms with Gasteiger partial charge in [-0.3, -0.25) is 19.1 Å². The van der Waals surface area contributed by atoms with Crippen molar-refractivity contribution >= 4 is 40.5 Å². The molecule has 0 aliphatic carbocycles. The summed E-state index contributed by atoms with van der Waals surface area (Å²) in [6.07, 6.45) is -1.43. The molecule has 254 valence electrons. The highest BCUT2D eigenvalue weighted by molar-refractivity contribution is 7.79. The zero-order valence-electron chi connectivity index (χ0n) is 28.8. The van der Waals surface area contributed by atoms with Gasteiger partial charge in [0, 0.05) is 30.9 Å². The normalized spacial score (nSPS) is 24.2. The number of hydrogen-bond acceptors (Lipinski definition) is 9. The standard InChI is InChI=1S/C32H49N3O8SSi2/c1-18(2)45(19(3)4)39-17-26-27(42-46(43-45,20(5)6)21(7)8)28(41-32(44)40-25-14-12-22(9)13-15-25)30(35(26)24(11)36)34-16-23(10)29(37)33-31(34)38/h12-16,18-21,26-28,30H,17H2,1-11H3,(H,33,37,38)/t26-,27-,28-,30-/m1/s1. The van der Waals surface area contributed by atoms with Crippen molar-refractivity contribution in [1.29, 1.82) is 0 Å². The maximum atomic E-state index is 13.7. The highest BCUT2D eigenvalue weighted by Crippen LogP contribution is 2.49. The first-order valence-electron chi connectivity index (χ1n) is 16.0. The van der Waals surface area contributed by atoms with Crippen LogP contribution in [0.15, 0.2) is 40.1 Å². The molecule has 0 unspecified atom stereocenters. The van der Waals surface area contributed by atoms with E-state index in [2.05, 4.69) is 60.4 Å². The van der Waals surface area contributed by atoms with E-state index in [0.717, 1.165) is 5.56 Å². The van der Waals surface area contributed by atoms with E-state index in [0.29, 0.717) is 11.3 Å². The number of benzene rings is 1. The number of carbonyl (C=O) groups is 1. The van der Waals surface area contributed by atoms with Crippen molar-refractivity contribution in [3.8, 4) is 5.75 Å². The van der Waals surface area contributed by atoms with Crippen molar-refractivity contribution in [2.24, 2.45) is 0 Å². The molecule has 4 atom stereocenters. The SMILES string of the molecule is CC(=O)N1[C@@H]2CO[Si](C(C)C)(C(C)C)O[Si](C(C)C)(C(C)C)O[C@H]2[C@@H](OC(=S)Oc2ccc(C)cc2)[C@@H]1n1cc(C)c(=O)[nH]c1=O. The summed E-state index contributed by atoms with van der Waals surface area (Å²) in [6.45, 7) is 22.0. The molecular formula is C32H49N3O8SSi2. The molecule has 2 saturated heterocycles.